The van der Waals surface area contributed by atoms with E-state index in [1.54, 1.807) is 19.1 Å². The molecule has 35 heavy (non-hydrogen) atoms. The molecule has 3 rings (SSSR count). The van der Waals surface area contributed by atoms with E-state index in [1.165, 1.54) is 44.2 Å². The first-order chi connectivity index (χ1) is 16.6. The fourth-order valence-electron chi connectivity index (χ4n) is 4.35. The molecule has 1 aliphatic heterocycles. The van der Waals surface area contributed by atoms with Crippen LogP contribution in [0.1, 0.15) is 66.3 Å². The third kappa shape index (κ3) is 7.73. The number of Topliss-reactive ketones (excluding diaryl/α,β-unsaturated/α-hetero) is 2. The molecule has 2 aromatic carbocycles. The first-order valence-corrected chi connectivity index (χ1v) is 11.9. The minimum atomic E-state index is -0.520. The molecule has 2 atom stereocenters. The van der Waals surface area contributed by atoms with Crippen LogP contribution in [0.5, 0.6) is 0 Å². The van der Waals surface area contributed by atoms with Crippen LogP contribution in [0.4, 0.5) is 14.9 Å². The Labute approximate surface area is 205 Å². The second-order valence-electron chi connectivity index (χ2n) is 9.29. The van der Waals surface area contributed by atoms with Gasteiger partial charge in [0.15, 0.2) is 11.6 Å². The number of urea groups is 1. The Morgan fingerprint density at radius 1 is 1.03 bits per heavy atom. The number of hydrogen-bond donors (Lipinski definition) is 2. The van der Waals surface area contributed by atoms with E-state index in [0.717, 1.165) is 24.8 Å². The lowest BCUT2D eigenvalue weighted by Gasteiger charge is -2.33. The van der Waals surface area contributed by atoms with Gasteiger partial charge in [0, 0.05) is 42.4 Å². The Morgan fingerprint density at radius 2 is 1.66 bits per heavy atom. The normalized spacial score (nSPS) is 16.3. The molecular weight excluding hydrogens is 449 g/mol. The van der Waals surface area contributed by atoms with Crippen molar-refractivity contribution in [3.8, 4) is 0 Å². The molecule has 2 N–H and O–H groups in total. The minimum Gasteiger partial charge on any atom is -0.342 e. The maximum Gasteiger partial charge on any atom is 0.319 e. The summed E-state index contributed by atoms with van der Waals surface area (Å²) in [5.41, 5.74) is 2.05. The number of carbonyl (C=O) groups excluding carboxylic acids is 4. The van der Waals surface area contributed by atoms with Crippen LogP contribution in [0.2, 0.25) is 0 Å². The first kappa shape index (κ1) is 26.1. The zero-order chi connectivity index (χ0) is 25.5. The van der Waals surface area contributed by atoms with E-state index < -0.39 is 12.1 Å². The number of rotatable bonds is 8. The van der Waals surface area contributed by atoms with Gasteiger partial charge in [-0.1, -0.05) is 12.1 Å². The molecule has 8 heteroatoms. The molecule has 0 unspecified atom stereocenters. The van der Waals surface area contributed by atoms with Crippen molar-refractivity contribution in [3.05, 3.63) is 65.0 Å². The van der Waals surface area contributed by atoms with Gasteiger partial charge in [-0.15, -0.1) is 0 Å². The Balaban J connectivity index is 1.52. The van der Waals surface area contributed by atoms with Crippen molar-refractivity contribution in [2.24, 2.45) is 5.92 Å². The predicted octanol–water partition coefficient (Wildman–Crippen LogP) is 4.61. The van der Waals surface area contributed by atoms with Crippen LogP contribution in [-0.4, -0.2) is 47.5 Å². The molecular formula is C27H32FN3O4. The Bertz CT molecular complexity index is 1070. The highest BCUT2D eigenvalue weighted by atomic mass is 19.1. The molecule has 0 spiro atoms. The number of carbonyl (C=O) groups is 4. The van der Waals surface area contributed by atoms with Crippen LogP contribution in [0.25, 0.3) is 0 Å². The van der Waals surface area contributed by atoms with E-state index >= 15 is 0 Å². The summed E-state index contributed by atoms with van der Waals surface area (Å²) >= 11 is 0. The Kier molecular flexibility index (Phi) is 8.73. The number of amides is 3. The highest BCUT2D eigenvalue weighted by Crippen LogP contribution is 2.22. The molecule has 0 aromatic heterocycles. The number of anilines is 1. The zero-order valence-electron chi connectivity index (χ0n) is 20.4. The van der Waals surface area contributed by atoms with E-state index in [4.69, 9.17) is 0 Å². The third-order valence-corrected chi connectivity index (χ3v) is 6.17. The highest BCUT2D eigenvalue weighted by molar-refractivity contribution is 6.02. The molecule has 7 nitrogen and oxygen atoms in total. The number of halogens is 1. The number of nitrogens with zero attached hydrogens (tertiary/aromatic N) is 1. The van der Waals surface area contributed by atoms with Crippen molar-refractivity contribution in [2.75, 3.05) is 18.4 Å². The van der Waals surface area contributed by atoms with Crippen LogP contribution < -0.4 is 10.6 Å². The number of nitrogens with one attached hydrogen (secondary N) is 2. The molecule has 3 amide bonds. The lowest BCUT2D eigenvalue weighted by molar-refractivity contribution is -0.133. The summed E-state index contributed by atoms with van der Waals surface area (Å²) in [5, 5.41) is 5.40. The van der Waals surface area contributed by atoms with Crippen molar-refractivity contribution >= 4 is 29.2 Å². The number of hydrogen-bond acceptors (Lipinski definition) is 4. The van der Waals surface area contributed by atoms with Gasteiger partial charge in [-0.3, -0.25) is 14.4 Å². The maximum absolute atomic E-state index is 13.2. The molecule has 1 aliphatic rings. The predicted molar refractivity (Wildman–Crippen MR) is 132 cm³/mol. The fraction of sp³-hybridized carbons (Fsp3) is 0.407. The summed E-state index contributed by atoms with van der Waals surface area (Å²) in [6.07, 6.45) is 2.87. The molecule has 0 radical (unpaired) electrons. The van der Waals surface area contributed by atoms with E-state index in [0.29, 0.717) is 35.8 Å². The summed E-state index contributed by atoms with van der Waals surface area (Å²) in [7, 11) is 0. The average Bonchev–Trinajstić information content (AvgIpc) is 2.80. The smallest absolute Gasteiger partial charge is 0.319 e. The van der Waals surface area contributed by atoms with E-state index in [1.807, 2.05) is 4.90 Å². The highest BCUT2D eigenvalue weighted by Gasteiger charge is 2.25. The monoisotopic (exact) mass is 481 g/mol. The van der Waals surface area contributed by atoms with Crippen molar-refractivity contribution in [3.63, 3.8) is 0 Å². The average molecular weight is 482 g/mol. The quantitative estimate of drug-likeness (QED) is 0.538. The summed E-state index contributed by atoms with van der Waals surface area (Å²) in [4.78, 5) is 50.7. The van der Waals surface area contributed by atoms with E-state index in [-0.39, 0.29) is 29.7 Å². The Hall–Kier alpha value is -3.55. The summed E-state index contributed by atoms with van der Waals surface area (Å²) in [6.45, 7) is 5.86. The van der Waals surface area contributed by atoms with Crippen LogP contribution in [-0.2, 0) is 11.2 Å². The third-order valence-electron chi connectivity index (χ3n) is 6.17. The van der Waals surface area contributed by atoms with E-state index in [2.05, 4.69) is 10.6 Å². The summed E-state index contributed by atoms with van der Waals surface area (Å²) in [5.74, 6) is -0.400. The zero-order valence-corrected chi connectivity index (χ0v) is 20.4. The second kappa shape index (κ2) is 11.7. The van der Waals surface area contributed by atoms with Gasteiger partial charge in [-0.25, -0.2) is 9.18 Å². The second-order valence-corrected chi connectivity index (χ2v) is 9.29. The molecule has 2 aromatic rings. The lowest BCUT2D eigenvalue weighted by atomic mass is 9.91. The number of ketones is 2. The minimum absolute atomic E-state index is 0.0287. The van der Waals surface area contributed by atoms with Gasteiger partial charge in [0.05, 0.1) is 0 Å². The van der Waals surface area contributed by atoms with Gasteiger partial charge in [-0.2, -0.15) is 0 Å². The van der Waals surface area contributed by atoms with Gasteiger partial charge >= 0.3 is 6.03 Å². The summed E-state index contributed by atoms with van der Waals surface area (Å²) < 4.78 is 13.2. The topological polar surface area (TPSA) is 95.6 Å². The molecule has 0 bridgehead atoms. The molecule has 1 saturated heterocycles. The lowest BCUT2D eigenvalue weighted by Crippen LogP contribution is -2.44. The van der Waals surface area contributed by atoms with Crippen LogP contribution in [0.15, 0.2) is 42.5 Å². The van der Waals surface area contributed by atoms with Crippen LogP contribution in [0.3, 0.4) is 0 Å². The summed E-state index contributed by atoms with van der Waals surface area (Å²) in [6, 6.07) is 10.1. The number of benzene rings is 2. The van der Waals surface area contributed by atoms with Crippen LogP contribution in [0, 0.1) is 11.7 Å². The molecule has 1 fully saturated rings. The largest absolute Gasteiger partial charge is 0.342 e. The molecule has 186 valence electrons. The molecule has 0 aliphatic carbocycles. The number of likely N-dealkylation sites (tertiary alicyclic amines) is 1. The van der Waals surface area contributed by atoms with Gasteiger partial charge in [0.2, 0.25) is 5.91 Å². The molecule has 0 saturated carbocycles. The van der Waals surface area contributed by atoms with Crippen molar-refractivity contribution in [2.45, 2.75) is 52.5 Å². The van der Waals surface area contributed by atoms with Gasteiger partial charge in [-0.05, 0) is 81.8 Å². The number of piperidine rings is 1. The fourth-order valence-corrected chi connectivity index (χ4v) is 4.35. The first-order valence-electron chi connectivity index (χ1n) is 11.9. The van der Waals surface area contributed by atoms with Crippen LogP contribution >= 0.6 is 0 Å². The molecule has 1 heterocycles. The van der Waals surface area contributed by atoms with Crippen molar-refractivity contribution in [1.29, 1.82) is 0 Å². The van der Waals surface area contributed by atoms with Gasteiger partial charge < -0.3 is 15.5 Å². The Morgan fingerprint density at radius 3 is 2.26 bits per heavy atom. The maximum atomic E-state index is 13.2. The SMILES string of the molecule is CC(=O)c1cc(NC(=O)N[C@H](C)CC(=O)N2CCC[C@@H](Cc3ccc(F)cc3)C2)cc(C(C)=O)c1. The van der Waals surface area contributed by atoms with E-state index in [9.17, 15) is 23.6 Å². The van der Waals surface area contributed by atoms with Crippen molar-refractivity contribution < 1.29 is 23.6 Å². The van der Waals surface area contributed by atoms with Gasteiger partial charge in [0.25, 0.3) is 0 Å². The standard InChI is InChI=1S/C27H32FN3O4/c1-17(29-27(35)30-25-14-22(18(2)32)13-23(15-25)19(3)33)11-26(34)31-10-4-5-21(16-31)12-20-6-8-24(28)9-7-20/h6-9,13-15,17,21H,4-5,10-12,16H2,1-3H3,(H2,29,30,35)/t17-,21+/m1/s1. The van der Waals surface area contributed by atoms with Crippen molar-refractivity contribution in [1.82, 2.24) is 10.2 Å². The van der Waals surface area contributed by atoms with Gasteiger partial charge in [0.1, 0.15) is 5.82 Å².